The number of nitrogens with zero attached hydrogens (tertiary/aromatic N) is 1. The molecule has 0 amide bonds. The standard InChI is InChI=1S/C7H14N.Al.2H/c1-4-6-8(3)7-5-2;;;/h4H,1-2,5-7H2,3H3;;;. The van der Waals surface area contributed by atoms with Gasteiger partial charge in [0.25, 0.3) is 0 Å². The van der Waals surface area contributed by atoms with Crippen molar-refractivity contribution in [3.8, 4) is 0 Å². The summed E-state index contributed by atoms with van der Waals surface area (Å²) in [6.45, 7) is 5.94. The van der Waals surface area contributed by atoms with E-state index in [1.54, 1.807) is 0 Å². The molecule has 0 aliphatic heterocycles. The number of hydrogen-bond acceptors (Lipinski definition) is 1. The number of rotatable bonds is 5. The maximum atomic E-state index is 3.68. The maximum Gasteiger partial charge on any atom is 0.211 e. The Balaban J connectivity index is 3.04. The van der Waals surface area contributed by atoms with Gasteiger partial charge in [0.05, 0.1) is 0 Å². The summed E-state index contributed by atoms with van der Waals surface area (Å²) in [5, 5.41) is 1.42. The van der Waals surface area contributed by atoms with Gasteiger partial charge >= 0.3 is 0 Å². The molecule has 1 nitrogen and oxygen atoms in total. The van der Waals surface area contributed by atoms with E-state index >= 15 is 0 Å². The Morgan fingerprint density at radius 3 is 2.78 bits per heavy atom. The Morgan fingerprint density at radius 1 is 1.67 bits per heavy atom. The first-order valence-corrected chi connectivity index (χ1v) is 5.02. The molecule has 0 rings (SSSR count). The van der Waals surface area contributed by atoms with E-state index in [0.717, 1.165) is 6.54 Å². The predicted molar refractivity (Wildman–Crippen MR) is 45.7 cm³/mol. The Kier molecular flexibility index (Phi) is 6.52. The fourth-order valence-corrected chi connectivity index (χ4v) is 1.06. The summed E-state index contributed by atoms with van der Waals surface area (Å²) in [6.07, 6.45) is 3.31. The molecule has 0 atom stereocenters. The minimum atomic E-state index is 1.03. The zero-order valence-corrected chi connectivity index (χ0v) is 8.56. The van der Waals surface area contributed by atoms with Crippen molar-refractivity contribution >= 4 is 16.3 Å². The first-order valence-electron chi connectivity index (χ1n) is 3.60. The van der Waals surface area contributed by atoms with Gasteiger partial charge in [0, 0.05) is 6.54 Å². The molecule has 0 saturated carbocycles. The summed E-state index contributed by atoms with van der Waals surface area (Å²) < 4.78 is 0. The summed E-state index contributed by atoms with van der Waals surface area (Å²) in [6, 6.07) is 0. The molecule has 0 aliphatic carbocycles. The van der Waals surface area contributed by atoms with Crippen molar-refractivity contribution in [1.29, 1.82) is 0 Å². The topological polar surface area (TPSA) is 3.24 Å². The first-order chi connectivity index (χ1) is 4.31. The van der Waals surface area contributed by atoms with Crippen LogP contribution in [-0.2, 0) is 0 Å². The minimum Gasteiger partial charge on any atom is -0.303 e. The van der Waals surface area contributed by atoms with Gasteiger partial charge in [-0.25, -0.2) is 0 Å². The smallest absolute Gasteiger partial charge is 0.211 e. The fourth-order valence-electron chi connectivity index (χ4n) is 0.740. The van der Waals surface area contributed by atoms with E-state index in [0.29, 0.717) is 0 Å². The van der Waals surface area contributed by atoms with Crippen LogP contribution in [0.3, 0.4) is 0 Å². The molecular formula is C7H16AlN. The molecule has 0 aliphatic rings. The van der Waals surface area contributed by atoms with Crippen LogP contribution in [0.25, 0.3) is 0 Å². The summed E-state index contributed by atoms with van der Waals surface area (Å²) in [4.78, 5) is 2.30. The lowest BCUT2D eigenvalue weighted by molar-refractivity contribution is 0.371. The van der Waals surface area contributed by atoms with Gasteiger partial charge in [-0.05, 0) is 13.6 Å². The van der Waals surface area contributed by atoms with Crippen molar-refractivity contribution in [3.05, 3.63) is 12.7 Å². The van der Waals surface area contributed by atoms with Crippen molar-refractivity contribution in [3.63, 3.8) is 0 Å². The van der Waals surface area contributed by atoms with E-state index in [1.807, 2.05) is 6.08 Å². The Bertz CT molecular complexity index is 73.3. The Labute approximate surface area is 66.2 Å². The second-order valence-corrected chi connectivity index (χ2v) is 3.40. The van der Waals surface area contributed by atoms with E-state index in [1.165, 1.54) is 34.5 Å². The molecule has 2 heteroatoms. The van der Waals surface area contributed by atoms with Crippen LogP contribution in [-0.4, -0.2) is 41.3 Å². The minimum absolute atomic E-state index is 1.03. The molecule has 52 valence electrons. The van der Waals surface area contributed by atoms with E-state index < -0.39 is 0 Å². The molecule has 0 N–H and O–H groups in total. The van der Waals surface area contributed by atoms with E-state index in [-0.39, 0.29) is 0 Å². The lowest BCUT2D eigenvalue weighted by atomic mass is 10.4. The molecule has 0 saturated heterocycles. The fraction of sp³-hybridized carbons (Fsp3) is 0.714. The van der Waals surface area contributed by atoms with Gasteiger partial charge in [-0.3, -0.25) is 0 Å². The normalized spacial score (nSPS) is 10.0. The summed E-state index contributed by atoms with van der Waals surface area (Å²) in [5.74, 6) is 0. The second-order valence-electron chi connectivity index (χ2n) is 2.40. The van der Waals surface area contributed by atoms with Crippen molar-refractivity contribution in [2.24, 2.45) is 0 Å². The zero-order chi connectivity index (χ0) is 7.11. The summed E-state index contributed by atoms with van der Waals surface area (Å²) in [5.41, 5.74) is 0. The third kappa shape index (κ3) is 6.11. The molecule has 0 aromatic rings. The van der Waals surface area contributed by atoms with Gasteiger partial charge in [0.15, 0.2) is 0 Å². The first kappa shape index (κ1) is 9.23. The third-order valence-electron chi connectivity index (χ3n) is 1.33. The molecule has 0 unspecified atom stereocenters. The Morgan fingerprint density at radius 2 is 2.33 bits per heavy atom. The van der Waals surface area contributed by atoms with E-state index in [2.05, 4.69) is 18.5 Å². The number of hydrogen-bond donors (Lipinski definition) is 0. The average molecular weight is 141 g/mol. The van der Waals surface area contributed by atoms with Crippen LogP contribution in [0.1, 0.15) is 6.42 Å². The summed E-state index contributed by atoms with van der Waals surface area (Å²) >= 11 is 1.35. The third-order valence-corrected chi connectivity index (χ3v) is 2.04. The van der Waals surface area contributed by atoms with Gasteiger partial charge < -0.3 is 4.90 Å². The van der Waals surface area contributed by atoms with Gasteiger partial charge in [0.1, 0.15) is 0 Å². The molecule has 0 radical (unpaired) electrons. The molecule has 9 heavy (non-hydrogen) atoms. The van der Waals surface area contributed by atoms with Crippen LogP contribution in [0.5, 0.6) is 0 Å². The van der Waals surface area contributed by atoms with E-state index in [4.69, 9.17) is 0 Å². The summed E-state index contributed by atoms with van der Waals surface area (Å²) in [7, 11) is 2.14. The Hall–Kier alpha value is 0.232. The zero-order valence-electron chi connectivity index (χ0n) is 6.56. The van der Waals surface area contributed by atoms with Crippen LogP contribution in [0.15, 0.2) is 12.7 Å². The van der Waals surface area contributed by atoms with E-state index in [9.17, 15) is 0 Å². The highest BCUT2D eigenvalue weighted by Gasteiger charge is 1.90. The molecule has 0 spiro atoms. The highest BCUT2D eigenvalue weighted by molar-refractivity contribution is 6.08. The predicted octanol–water partition coefficient (Wildman–Crippen LogP) is 0.546. The monoisotopic (exact) mass is 141 g/mol. The highest BCUT2D eigenvalue weighted by atomic mass is 27.0. The van der Waals surface area contributed by atoms with Crippen LogP contribution in [0, 0.1) is 0 Å². The van der Waals surface area contributed by atoms with Gasteiger partial charge in [-0.1, -0.05) is 17.8 Å². The van der Waals surface area contributed by atoms with Crippen molar-refractivity contribution in [2.45, 2.75) is 11.7 Å². The molecule has 0 bridgehead atoms. The lowest BCUT2D eigenvalue weighted by Gasteiger charge is -2.12. The molecular weight excluding hydrogens is 125 g/mol. The quantitative estimate of drug-likeness (QED) is 0.399. The highest BCUT2D eigenvalue weighted by Crippen LogP contribution is 1.89. The molecule has 0 heterocycles. The van der Waals surface area contributed by atoms with Crippen LogP contribution < -0.4 is 0 Å². The average Bonchev–Trinajstić information content (AvgIpc) is 1.85. The van der Waals surface area contributed by atoms with Crippen LogP contribution in [0.2, 0.25) is 5.28 Å². The van der Waals surface area contributed by atoms with Crippen LogP contribution in [0.4, 0.5) is 0 Å². The number of likely N-dealkylation sites (N-methyl/N-ethyl adjacent to an activating group) is 1. The van der Waals surface area contributed by atoms with Gasteiger partial charge in [0.2, 0.25) is 16.3 Å². The largest absolute Gasteiger partial charge is 0.303 e. The molecule has 0 aromatic heterocycles. The van der Waals surface area contributed by atoms with Crippen molar-refractivity contribution in [1.82, 2.24) is 4.90 Å². The van der Waals surface area contributed by atoms with Crippen molar-refractivity contribution < 1.29 is 0 Å². The second kappa shape index (κ2) is 6.35. The van der Waals surface area contributed by atoms with Crippen molar-refractivity contribution in [2.75, 3.05) is 20.1 Å². The van der Waals surface area contributed by atoms with Crippen LogP contribution >= 0.6 is 0 Å². The molecule has 0 fully saturated rings. The maximum absolute atomic E-state index is 3.68. The lowest BCUT2D eigenvalue weighted by Crippen LogP contribution is -2.19. The molecule has 0 aromatic carbocycles. The van der Waals surface area contributed by atoms with Gasteiger partial charge in [-0.15, -0.1) is 6.58 Å². The van der Waals surface area contributed by atoms with Gasteiger partial charge in [-0.2, -0.15) is 0 Å². The SMILES string of the molecule is C=CCN(C)CC[CH2][AlH2].